The van der Waals surface area contributed by atoms with E-state index in [0.29, 0.717) is 6.42 Å². The highest BCUT2D eigenvalue weighted by Gasteiger charge is 2.50. The summed E-state index contributed by atoms with van der Waals surface area (Å²) >= 11 is 0. The summed E-state index contributed by atoms with van der Waals surface area (Å²) in [7, 11) is 0. The maximum atomic E-state index is 10.3. The van der Waals surface area contributed by atoms with E-state index in [0.717, 1.165) is 12.8 Å². The number of hydrogen-bond acceptors (Lipinski definition) is 6. The van der Waals surface area contributed by atoms with Crippen molar-refractivity contribution in [3.05, 3.63) is 0 Å². The minimum Gasteiger partial charge on any atom is -0.390 e. The number of unbranched alkanes of at least 4 members (excludes halogenated alkanes) is 1. The monoisotopic (exact) mass is 291 g/mol. The van der Waals surface area contributed by atoms with Crippen LogP contribution in [-0.2, 0) is 9.47 Å². The molecule has 5 N–H and O–H groups in total. The number of aliphatic hydroxyl groups excluding tert-OH is 2. The zero-order valence-corrected chi connectivity index (χ0v) is 12.8. The van der Waals surface area contributed by atoms with E-state index < -0.39 is 36.2 Å². The molecule has 0 aliphatic carbocycles. The maximum absolute atomic E-state index is 10.3. The molecular formula is C14H29NO5. The van der Waals surface area contributed by atoms with Crippen molar-refractivity contribution in [2.24, 2.45) is 11.7 Å². The van der Waals surface area contributed by atoms with Gasteiger partial charge in [-0.1, -0.05) is 19.8 Å². The predicted molar refractivity (Wildman–Crippen MR) is 74.7 cm³/mol. The smallest absolute Gasteiger partial charge is 0.188 e. The van der Waals surface area contributed by atoms with Gasteiger partial charge in [-0.3, -0.25) is 0 Å². The maximum Gasteiger partial charge on any atom is 0.188 e. The van der Waals surface area contributed by atoms with Gasteiger partial charge in [0.1, 0.15) is 12.3 Å². The van der Waals surface area contributed by atoms with Gasteiger partial charge in [0, 0.05) is 5.92 Å². The highest BCUT2D eigenvalue weighted by Crippen LogP contribution is 2.36. The topological polar surface area (TPSA) is 105 Å². The fourth-order valence-corrected chi connectivity index (χ4v) is 2.78. The van der Waals surface area contributed by atoms with Crippen LogP contribution in [0.5, 0.6) is 0 Å². The molecule has 1 rings (SSSR count). The minimum absolute atomic E-state index is 0.378. The van der Waals surface area contributed by atoms with E-state index in [1.54, 1.807) is 20.8 Å². The molecule has 1 saturated heterocycles. The molecule has 1 aliphatic heterocycles. The van der Waals surface area contributed by atoms with Crippen LogP contribution in [0.4, 0.5) is 0 Å². The molecule has 0 bridgehead atoms. The average molecular weight is 291 g/mol. The van der Waals surface area contributed by atoms with E-state index in [9.17, 15) is 15.3 Å². The Labute approximate surface area is 120 Å². The van der Waals surface area contributed by atoms with Crippen molar-refractivity contribution in [3.8, 4) is 0 Å². The average Bonchev–Trinajstić information content (AvgIpc) is 2.30. The molecule has 0 radical (unpaired) electrons. The van der Waals surface area contributed by atoms with Crippen LogP contribution in [0.25, 0.3) is 0 Å². The van der Waals surface area contributed by atoms with E-state index in [4.69, 9.17) is 15.2 Å². The first-order valence-corrected chi connectivity index (χ1v) is 7.33. The summed E-state index contributed by atoms with van der Waals surface area (Å²) in [5.41, 5.74) is 4.40. The second-order valence-corrected chi connectivity index (χ2v) is 6.19. The Kier molecular flexibility index (Phi) is 6.37. The summed E-state index contributed by atoms with van der Waals surface area (Å²) in [4.78, 5) is 0. The first kappa shape index (κ1) is 17.8. The van der Waals surface area contributed by atoms with Gasteiger partial charge in [-0.2, -0.15) is 0 Å². The summed E-state index contributed by atoms with van der Waals surface area (Å²) in [6.07, 6.45) is -1.71. The SMILES string of the molecule is CCCCC1OC(OC(C)N)C(O)C(O)C1C(C)(C)O. The summed E-state index contributed by atoms with van der Waals surface area (Å²) < 4.78 is 11.1. The first-order chi connectivity index (χ1) is 9.18. The van der Waals surface area contributed by atoms with Crippen molar-refractivity contribution in [2.75, 3.05) is 0 Å². The highest BCUT2D eigenvalue weighted by atomic mass is 16.7. The third-order valence-corrected chi connectivity index (χ3v) is 3.71. The van der Waals surface area contributed by atoms with Crippen molar-refractivity contribution in [1.82, 2.24) is 0 Å². The Morgan fingerprint density at radius 2 is 1.90 bits per heavy atom. The van der Waals surface area contributed by atoms with Crippen molar-refractivity contribution >= 4 is 0 Å². The largest absolute Gasteiger partial charge is 0.390 e. The standard InChI is InChI=1S/C14H29NO5/c1-5-6-7-9-10(14(3,4)18)11(16)12(17)13(20-9)19-8(2)15/h8-13,16-18H,5-7,15H2,1-4H3. The molecule has 0 aromatic heterocycles. The van der Waals surface area contributed by atoms with Gasteiger partial charge in [-0.05, 0) is 27.2 Å². The fourth-order valence-electron chi connectivity index (χ4n) is 2.78. The van der Waals surface area contributed by atoms with Crippen molar-refractivity contribution < 1.29 is 24.8 Å². The van der Waals surface area contributed by atoms with Gasteiger partial charge >= 0.3 is 0 Å². The molecule has 6 atom stereocenters. The second-order valence-electron chi connectivity index (χ2n) is 6.19. The molecule has 20 heavy (non-hydrogen) atoms. The van der Waals surface area contributed by atoms with Crippen LogP contribution in [0.15, 0.2) is 0 Å². The van der Waals surface area contributed by atoms with Crippen LogP contribution in [0.2, 0.25) is 0 Å². The van der Waals surface area contributed by atoms with Gasteiger partial charge in [-0.25, -0.2) is 0 Å². The second kappa shape index (κ2) is 7.15. The van der Waals surface area contributed by atoms with Crippen LogP contribution in [0.3, 0.4) is 0 Å². The van der Waals surface area contributed by atoms with E-state index in [1.165, 1.54) is 0 Å². The number of aliphatic hydroxyl groups is 3. The van der Waals surface area contributed by atoms with Crippen LogP contribution >= 0.6 is 0 Å². The molecule has 0 saturated carbocycles. The quantitative estimate of drug-likeness (QED) is 0.526. The van der Waals surface area contributed by atoms with Gasteiger partial charge in [0.25, 0.3) is 0 Å². The van der Waals surface area contributed by atoms with Gasteiger partial charge in [0.05, 0.1) is 17.8 Å². The number of ether oxygens (including phenoxy) is 2. The van der Waals surface area contributed by atoms with Crippen molar-refractivity contribution in [1.29, 1.82) is 0 Å². The lowest BCUT2D eigenvalue weighted by Gasteiger charge is -2.47. The Morgan fingerprint density at radius 1 is 1.30 bits per heavy atom. The summed E-state index contributed by atoms with van der Waals surface area (Å²) in [5.74, 6) is -0.572. The molecule has 6 nitrogen and oxygen atoms in total. The fraction of sp³-hybridized carbons (Fsp3) is 1.00. The third kappa shape index (κ3) is 4.38. The minimum atomic E-state index is -1.23. The summed E-state index contributed by atoms with van der Waals surface area (Å²) in [6, 6.07) is 0. The van der Waals surface area contributed by atoms with Crippen LogP contribution < -0.4 is 5.73 Å². The van der Waals surface area contributed by atoms with Crippen LogP contribution in [-0.4, -0.2) is 51.8 Å². The van der Waals surface area contributed by atoms with Gasteiger partial charge in [0.15, 0.2) is 6.29 Å². The molecule has 1 aliphatic rings. The predicted octanol–water partition coefficient (Wildman–Crippen LogP) is 0.332. The molecule has 0 aromatic carbocycles. The van der Waals surface area contributed by atoms with E-state index in [2.05, 4.69) is 6.92 Å². The Morgan fingerprint density at radius 3 is 2.35 bits per heavy atom. The molecule has 1 heterocycles. The summed E-state index contributed by atoms with van der Waals surface area (Å²) in [5, 5.41) is 30.7. The van der Waals surface area contributed by atoms with Gasteiger partial charge in [-0.15, -0.1) is 0 Å². The van der Waals surface area contributed by atoms with Gasteiger partial charge < -0.3 is 30.5 Å². The highest BCUT2D eigenvalue weighted by molar-refractivity contribution is 4.96. The van der Waals surface area contributed by atoms with Crippen LogP contribution in [0, 0.1) is 5.92 Å². The molecule has 1 fully saturated rings. The number of nitrogens with two attached hydrogens (primary N) is 1. The summed E-state index contributed by atoms with van der Waals surface area (Å²) in [6.45, 7) is 6.92. The van der Waals surface area contributed by atoms with Crippen molar-refractivity contribution in [2.45, 2.75) is 83.4 Å². The number of hydrogen-bond donors (Lipinski definition) is 4. The molecule has 120 valence electrons. The molecule has 6 unspecified atom stereocenters. The third-order valence-electron chi connectivity index (χ3n) is 3.71. The van der Waals surface area contributed by atoms with E-state index >= 15 is 0 Å². The Bertz CT molecular complexity index is 292. The normalized spacial score (nSPS) is 36.9. The lowest BCUT2D eigenvalue weighted by Crippen LogP contribution is -2.61. The Hall–Kier alpha value is -0.240. The first-order valence-electron chi connectivity index (χ1n) is 7.33. The number of rotatable bonds is 6. The Balaban J connectivity index is 2.89. The van der Waals surface area contributed by atoms with E-state index in [1.807, 2.05) is 0 Å². The zero-order valence-electron chi connectivity index (χ0n) is 12.8. The lowest BCUT2D eigenvalue weighted by atomic mass is 9.76. The molecule has 0 aromatic rings. The lowest BCUT2D eigenvalue weighted by molar-refractivity contribution is -0.312. The molecule has 0 amide bonds. The van der Waals surface area contributed by atoms with Gasteiger partial charge in [0.2, 0.25) is 0 Å². The van der Waals surface area contributed by atoms with Crippen LogP contribution in [0.1, 0.15) is 47.0 Å². The molecule has 0 spiro atoms. The van der Waals surface area contributed by atoms with E-state index in [-0.39, 0.29) is 6.10 Å². The molecular weight excluding hydrogens is 262 g/mol. The molecule has 6 heteroatoms. The zero-order chi connectivity index (χ0) is 15.5. The van der Waals surface area contributed by atoms with Crippen molar-refractivity contribution in [3.63, 3.8) is 0 Å².